The highest BCUT2D eigenvalue weighted by atomic mass is 16.6. The zero-order chi connectivity index (χ0) is 12.2. The summed E-state index contributed by atoms with van der Waals surface area (Å²) < 4.78 is 6.06. The predicted molar refractivity (Wildman–Crippen MR) is 67.4 cm³/mol. The average Bonchev–Trinajstić information content (AvgIpc) is 2.86. The summed E-state index contributed by atoms with van der Waals surface area (Å²) in [6.45, 7) is 6.30. The Labute approximate surface area is 105 Å². The van der Waals surface area contributed by atoms with E-state index < -0.39 is 6.29 Å². The molecule has 0 aromatic heterocycles. The minimum Gasteiger partial charge on any atom is -0.368 e. The van der Waals surface area contributed by atoms with Crippen molar-refractivity contribution in [2.75, 3.05) is 0 Å². The largest absolute Gasteiger partial charge is 0.368 e. The Morgan fingerprint density at radius 3 is 2.65 bits per heavy atom. The van der Waals surface area contributed by atoms with Crippen molar-refractivity contribution in [3.8, 4) is 0 Å². The topological polar surface area (TPSA) is 29.5 Å². The molecular weight excluding hydrogens is 212 g/mol. The van der Waals surface area contributed by atoms with Gasteiger partial charge in [-0.05, 0) is 56.3 Å². The molecule has 0 radical (unpaired) electrons. The molecule has 0 aromatic carbocycles. The lowest BCUT2D eigenvalue weighted by Crippen LogP contribution is -2.44. The van der Waals surface area contributed by atoms with Gasteiger partial charge in [0.2, 0.25) is 0 Å². The minimum absolute atomic E-state index is 0.0418. The Hall–Kier alpha value is -0.0800. The summed E-state index contributed by atoms with van der Waals surface area (Å²) in [6.07, 6.45) is 6.24. The van der Waals surface area contributed by atoms with Crippen LogP contribution in [0.3, 0.4) is 0 Å². The maximum atomic E-state index is 10.00. The van der Waals surface area contributed by atoms with E-state index in [2.05, 4.69) is 6.92 Å². The van der Waals surface area contributed by atoms with Crippen LogP contribution in [0, 0.1) is 29.6 Å². The van der Waals surface area contributed by atoms with Gasteiger partial charge < -0.3 is 9.84 Å². The minimum atomic E-state index is -0.584. The van der Waals surface area contributed by atoms with E-state index in [1.807, 2.05) is 13.8 Å². The molecule has 0 amide bonds. The first-order chi connectivity index (χ1) is 8.01. The first-order valence-electron chi connectivity index (χ1n) is 7.37. The van der Waals surface area contributed by atoms with Crippen molar-refractivity contribution in [2.45, 2.75) is 64.8 Å². The van der Waals surface area contributed by atoms with Gasteiger partial charge in [0.05, 0.1) is 5.60 Å². The molecule has 0 saturated heterocycles. The van der Waals surface area contributed by atoms with Crippen molar-refractivity contribution in [3.63, 3.8) is 0 Å². The molecule has 0 heterocycles. The molecule has 2 bridgehead atoms. The SMILES string of the molecule is CC(C)C(O)OC1(C)CC2CC1C1CCCC21. The fourth-order valence-electron chi connectivity index (χ4n) is 4.93. The van der Waals surface area contributed by atoms with Crippen molar-refractivity contribution in [2.24, 2.45) is 29.6 Å². The molecule has 0 aromatic rings. The number of rotatable bonds is 3. The van der Waals surface area contributed by atoms with Gasteiger partial charge in [0.25, 0.3) is 0 Å². The van der Waals surface area contributed by atoms with Crippen LogP contribution in [0.1, 0.15) is 52.9 Å². The van der Waals surface area contributed by atoms with Crippen molar-refractivity contribution in [3.05, 3.63) is 0 Å². The Morgan fingerprint density at radius 2 is 1.94 bits per heavy atom. The average molecular weight is 238 g/mol. The second-order valence-electron chi connectivity index (χ2n) is 7.13. The van der Waals surface area contributed by atoms with E-state index in [1.54, 1.807) is 0 Å². The van der Waals surface area contributed by atoms with Crippen LogP contribution in [-0.2, 0) is 4.74 Å². The van der Waals surface area contributed by atoms with E-state index in [0.29, 0.717) is 5.92 Å². The van der Waals surface area contributed by atoms with Crippen LogP contribution in [0.15, 0.2) is 0 Å². The normalized spacial score (nSPS) is 49.9. The van der Waals surface area contributed by atoms with Crippen LogP contribution in [-0.4, -0.2) is 17.0 Å². The molecule has 3 fully saturated rings. The van der Waals surface area contributed by atoms with Gasteiger partial charge in [0.15, 0.2) is 6.29 Å². The third-order valence-electron chi connectivity index (χ3n) is 5.72. The zero-order valence-corrected chi connectivity index (χ0v) is 11.4. The van der Waals surface area contributed by atoms with Gasteiger partial charge in [-0.25, -0.2) is 0 Å². The van der Waals surface area contributed by atoms with Gasteiger partial charge in [0.1, 0.15) is 0 Å². The maximum Gasteiger partial charge on any atom is 0.157 e. The highest BCUT2D eigenvalue weighted by Gasteiger charge is 2.60. The molecule has 2 heteroatoms. The lowest BCUT2D eigenvalue weighted by atomic mass is 9.73. The smallest absolute Gasteiger partial charge is 0.157 e. The quantitative estimate of drug-likeness (QED) is 0.765. The van der Waals surface area contributed by atoms with Gasteiger partial charge in [-0.3, -0.25) is 0 Å². The van der Waals surface area contributed by atoms with Gasteiger partial charge in [-0.15, -0.1) is 0 Å². The van der Waals surface area contributed by atoms with Crippen LogP contribution in [0.2, 0.25) is 0 Å². The molecule has 0 spiro atoms. The lowest BCUT2D eigenvalue weighted by Gasteiger charge is -2.42. The Morgan fingerprint density at radius 1 is 1.24 bits per heavy atom. The van der Waals surface area contributed by atoms with E-state index in [0.717, 1.165) is 17.8 Å². The summed E-state index contributed by atoms with van der Waals surface area (Å²) in [7, 11) is 0. The summed E-state index contributed by atoms with van der Waals surface area (Å²) in [5, 5.41) is 10.00. The lowest BCUT2D eigenvalue weighted by molar-refractivity contribution is -0.221. The van der Waals surface area contributed by atoms with Gasteiger partial charge >= 0.3 is 0 Å². The van der Waals surface area contributed by atoms with Crippen molar-refractivity contribution < 1.29 is 9.84 Å². The molecule has 6 atom stereocenters. The monoisotopic (exact) mass is 238 g/mol. The van der Waals surface area contributed by atoms with Crippen LogP contribution in [0.25, 0.3) is 0 Å². The molecule has 3 aliphatic rings. The van der Waals surface area contributed by atoms with E-state index >= 15 is 0 Å². The molecule has 3 rings (SSSR count). The Bertz CT molecular complexity index is 301. The first-order valence-corrected chi connectivity index (χ1v) is 7.37. The van der Waals surface area contributed by atoms with E-state index in [1.165, 1.54) is 32.1 Å². The van der Waals surface area contributed by atoms with Gasteiger partial charge in [0, 0.05) is 5.92 Å². The van der Waals surface area contributed by atoms with Gasteiger partial charge in [-0.1, -0.05) is 20.3 Å². The zero-order valence-electron chi connectivity index (χ0n) is 11.4. The van der Waals surface area contributed by atoms with Crippen molar-refractivity contribution in [1.82, 2.24) is 0 Å². The third-order valence-corrected chi connectivity index (χ3v) is 5.72. The molecule has 3 aliphatic carbocycles. The van der Waals surface area contributed by atoms with Crippen LogP contribution in [0.5, 0.6) is 0 Å². The molecule has 2 nitrogen and oxygen atoms in total. The number of ether oxygens (including phenoxy) is 1. The first kappa shape index (κ1) is 12.0. The second kappa shape index (κ2) is 3.96. The second-order valence-corrected chi connectivity index (χ2v) is 7.13. The summed E-state index contributed by atoms with van der Waals surface area (Å²) in [6, 6.07) is 0. The molecule has 17 heavy (non-hydrogen) atoms. The van der Waals surface area contributed by atoms with E-state index in [4.69, 9.17) is 4.74 Å². The highest BCUT2D eigenvalue weighted by molar-refractivity contribution is 5.09. The molecular formula is C15H26O2. The van der Waals surface area contributed by atoms with Crippen LogP contribution < -0.4 is 0 Å². The fraction of sp³-hybridized carbons (Fsp3) is 1.00. The molecule has 1 N–H and O–H groups in total. The van der Waals surface area contributed by atoms with Gasteiger partial charge in [-0.2, -0.15) is 0 Å². The van der Waals surface area contributed by atoms with Crippen molar-refractivity contribution >= 4 is 0 Å². The number of aliphatic hydroxyl groups excluding tert-OH is 1. The fourth-order valence-corrected chi connectivity index (χ4v) is 4.93. The Kier molecular flexibility index (Phi) is 2.79. The van der Waals surface area contributed by atoms with Crippen LogP contribution in [0.4, 0.5) is 0 Å². The number of hydrogen-bond donors (Lipinski definition) is 1. The third kappa shape index (κ3) is 1.76. The number of hydrogen-bond acceptors (Lipinski definition) is 2. The van der Waals surface area contributed by atoms with E-state index in [-0.39, 0.29) is 11.5 Å². The number of fused-ring (bicyclic) bond motifs is 5. The summed E-state index contributed by atoms with van der Waals surface area (Å²) in [4.78, 5) is 0. The summed E-state index contributed by atoms with van der Waals surface area (Å²) in [5.41, 5.74) is -0.0418. The standard InChI is InChI=1S/C15H26O2/c1-9(2)14(16)17-15(3)8-10-7-13(15)12-6-4-5-11(10)12/h9-14,16H,4-8H2,1-3H3. The molecule has 3 saturated carbocycles. The molecule has 6 unspecified atom stereocenters. The maximum absolute atomic E-state index is 10.00. The number of aliphatic hydroxyl groups is 1. The van der Waals surface area contributed by atoms with Crippen molar-refractivity contribution in [1.29, 1.82) is 0 Å². The highest BCUT2D eigenvalue weighted by Crippen LogP contribution is 2.63. The molecule has 0 aliphatic heterocycles. The predicted octanol–water partition coefficient (Wildman–Crippen LogP) is 3.19. The summed E-state index contributed by atoms with van der Waals surface area (Å²) in [5.74, 6) is 3.70. The molecule has 98 valence electrons. The Balaban J connectivity index is 1.73. The summed E-state index contributed by atoms with van der Waals surface area (Å²) >= 11 is 0. The van der Waals surface area contributed by atoms with Crippen LogP contribution >= 0.6 is 0 Å². The van der Waals surface area contributed by atoms with E-state index in [9.17, 15) is 5.11 Å².